The number of carbonyl (C=O) groups excluding carboxylic acids is 1. The van der Waals surface area contributed by atoms with Gasteiger partial charge in [-0.3, -0.25) is 4.79 Å². The standard InChI is InChI=1S/C17H22O2/c1-12-8-9-15(17(2,3)11-12)16(18)13-6-5-7-14(10-13)19-4/h5-7,10-11,15H,8-9H2,1-4H3/t15-/m1/s1. The van der Waals surface area contributed by atoms with Crippen LogP contribution in [0.25, 0.3) is 0 Å². The van der Waals surface area contributed by atoms with Crippen LogP contribution in [0.2, 0.25) is 0 Å². The van der Waals surface area contributed by atoms with Gasteiger partial charge < -0.3 is 4.74 Å². The lowest BCUT2D eigenvalue weighted by molar-refractivity contribution is 0.0821. The van der Waals surface area contributed by atoms with E-state index < -0.39 is 0 Å². The fourth-order valence-electron chi connectivity index (χ4n) is 3.00. The first-order valence-electron chi connectivity index (χ1n) is 6.80. The van der Waals surface area contributed by atoms with E-state index in [2.05, 4.69) is 26.8 Å². The summed E-state index contributed by atoms with van der Waals surface area (Å²) >= 11 is 0. The second kappa shape index (κ2) is 5.20. The van der Waals surface area contributed by atoms with Gasteiger partial charge in [0.1, 0.15) is 5.75 Å². The number of methoxy groups -OCH3 is 1. The Morgan fingerprint density at radius 1 is 1.37 bits per heavy atom. The quantitative estimate of drug-likeness (QED) is 0.598. The molecular weight excluding hydrogens is 236 g/mol. The summed E-state index contributed by atoms with van der Waals surface area (Å²) in [5.41, 5.74) is 2.08. The number of hydrogen-bond donors (Lipinski definition) is 0. The molecule has 0 spiro atoms. The van der Waals surface area contributed by atoms with Crippen LogP contribution in [0.4, 0.5) is 0 Å². The van der Waals surface area contributed by atoms with Crippen LogP contribution < -0.4 is 4.74 Å². The summed E-state index contributed by atoms with van der Waals surface area (Å²) in [6, 6.07) is 7.46. The van der Waals surface area contributed by atoms with E-state index in [1.165, 1.54) is 5.57 Å². The Morgan fingerprint density at radius 3 is 2.74 bits per heavy atom. The van der Waals surface area contributed by atoms with Crippen LogP contribution in [0.5, 0.6) is 5.75 Å². The zero-order valence-corrected chi connectivity index (χ0v) is 12.2. The van der Waals surface area contributed by atoms with Gasteiger partial charge in [-0.25, -0.2) is 0 Å². The molecule has 0 unspecified atom stereocenters. The van der Waals surface area contributed by atoms with E-state index in [1.54, 1.807) is 7.11 Å². The van der Waals surface area contributed by atoms with Crippen molar-refractivity contribution in [2.75, 3.05) is 7.11 Å². The highest BCUT2D eigenvalue weighted by Gasteiger charge is 2.36. The van der Waals surface area contributed by atoms with E-state index in [0.717, 1.165) is 24.2 Å². The van der Waals surface area contributed by atoms with Crippen LogP contribution in [0.15, 0.2) is 35.9 Å². The van der Waals surface area contributed by atoms with E-state index in [0.29, 0.717) is 0 Å². The third-order valence-corrected chi connectivity index (χ3v) is 4.01. The van der Waals surface area contributed by atoms with Gasteiger partial charge in [0.15, 0.2) is 5.78 Å². The number of carbonyl (C=O) groups is 1. The van der Waals surface area contributed by atoms with Crippen LogP contribution in [0.1, 0.15) is 44.0 Å². The van der Waals surface area contributed by atoms with Crippen molar-refractivity contribution in [2.45, 2.75) is 33.6 Å². The maximum Gasteiger partial charge on any atom is 0.166 e. The molecule has 0 aromatic heterocycles. The van der Waals surface area contributed by atoms with Gasteiger partial charge >= 0.3 is 0 Å². The lowest BCUT2D eigenvalue weighted by Crippen LogP contribution is -2.32. The molecule has 1 aromatic carbocycles. The lowest BCUT2D eigenvalue weighted by Gasteiger charge is -2.35. The van der Waals surface area contributed by atoms with Crippen molar-refractivity contribution in [1.82, 2.24) is 0 Å². The van der Waals surface area contributed by atoms with Crippen molar-refractivity contribution < 1.29 is 9.53 Å². The molecule has 0 bridgehead atoms. The van der Waals surface area contributed by atoms with Crippen molar-refractivity contribution in [3.05, 3.63) is 41.5 Å². The van der Waals surface area contributed by atoms with Gasteiger partial charge in [-0.05, 0) is 37.3 Å². The summed E-state index contributed by atoms with van der Waals surface area (Å²) < 4.78 is 5.20. The zero-order valence-electron chi connectivity index (χ0n) is 12.2. The Labute approximate surface area is 115 Å². The average Bonchev–Trinajstić information content (AvgIpc) is 2.37. The molecule has 2 heteroatoms. The van der Waals surface area contributed by atoms with Crippen molar-refractivity contribution in [3.63, 3.8) is 0 Å². The Morgan fingerprint density at radius 2 is 2.11 bits per heavy atom. The third-order valence-electron chi connectivity index (χ3n) is 4.01. The number of rotatable bonds is 3. The molecule has 2 rings (SSSR count). The summed E-state index contributed by atoms with van der Waals surface area (Å²) in [4.78, 5) is 12.7. The SMILES string of the molecule is COc1cccc(C(=O)[C@H]2CCC(C)=CC2(C)C)c1. The molecule has 0 heterocycles. The monoisotopic (exact) mass is 258 g/mol. The number of hydrogen-bond acceptors (Lipinski definition) is 2. The Hall–Kier alpha value is -1.57. The smallest absolute Gasteiger partial charge is 0.166 e. The molecular formula is C17H22O2. The van der Waals surface area contributed by atoms with Crippen molar-refractivity contribution >= 4 is 5.78 Å². The van der Waals surface area contributed by atoms with Gasteiger partial charge in [0.05, 0.1) is 7.11 Å². The second-order valence-electron chi connectivity index (χ2n) is 6.00. The van der Waals surface area contributed by atoms with Crippen LogP contribution in [-0.2, 0) is 0 Å². The number of ketones is 1. The fourth-order valence-corrected chi connectivity index (χ4v) is 3.00. The average molecular weight is 258 g/mol. The largest absolute Gasteiger partial charge is 0.497 e. The highest BCUT2D eigenvalue weighted by molar-refractivity contribution is 5.99. The summed E-state index contributed by atoms with van der Waals surface area (Å²) in [6.45, 7) is 6.45. The first-order chi connectivity index (χ1) is 8.94. The molecule has 0 saturated carbocycles. The highest BCUT2D eigenvalue weighted by Crippen LogP contribution is 2.40. The zero-order chi connectivity index (χ0) is 14.0. The molecule has 0 saturated heterocycles. The van der Waals surface area contributed by atoms with Gasteiger partial charge in [-0.15, -0.1) is 0 Å². The molecule has 2 nitrogen and oxygen atoms in total. The molecule has 1 aliphatic carbocycles. The lowest BCUT2D eigenvalue weighted by atomic mass is 9.68. The minimum atomic E-state index is -0.0670. The molecule has 0 radical (unpaired) electrons. The third kappa shape index (κ3) is 2.89. The van der Waals surface area contributed by atoms with Crippen LogP contribution in [0.3, 0.4) is 0 Å². The van der Waals surface area contributed by atoms with E-state index >= 15 is 0 Å². The van der Waals surface area contributed by atoms with Gasteiger partial charge in [0.2, 0.25) is 0 Å². The maximum absolute atomic E-state index is 12.7. The van der Waals surface area contributed by atoms with Crippen LogP contribution in [-0.4, -0.2) is 12.9 Å². The Kier molecular flexibility index (Phi) is 3.79. The number of ether oxygens (including phenoxy) is 1. The number of benzene rings is 1. The van der Waals surface area contributed by atoms with E-state index in [-0.39, 0.29) is 17.1 Å². The topological polar surface area (TPSA) is 26.3 Å². The number of Topliss-reactive ketones (excluding diaryl/α,β-unsaturated/α-hetero) is 1. The molecule has 0 aliphatic heterocycles. The minimum Gasteiger partial charge on any atom is -0.497 e. The minimum absolute atomic E-state index is 0.0586. The second-order valence-corrected chi connectivity index (χ2v) is 6.00. The maximum atomic E-state index is 12.7. The summed E-state index contributed by atoms with van der Waals surface area (Å²) in [5, 5.41) is 0. The predicted molar refractivity (Wildman–Crippen MR) is 77.6 cm³/mol. The van der Waals surface area contributed by atoms with Crippen LogP contribution in [0, 0.1) is 11.3 Å². The normalized spacial score (nSPS) is 21.7. The highest BCUT2D eigenvalue weighted by atomic mass is 16.5. The van der Waals surface area contributed by atoms with E-state index in [1.807, 2.05) is 24.3 Å². The van der Waals surface area contributed by atoms with E-state index in [4.69, 9.17) is 4.74 Å². The summed E-state index contributed by atoms with van der Waals surface area (Å²) in [5.74, 6) is 1.03. The van der Waals surface area contributed by atoms with Gasteiger partial charge in [-0.1, -0.05) is 37.6 Å². The fraction of sp³-hybridized carbons (Fsp3) is 0.471. The molecule has 0 N–H and O–H groups in total. The van der Waals surface area contributed by atoms with Crippen molar-refractivity contribution in [2.24, 2.45) is 11.3 Å². The predicted octanol–water partition coefficient (Wildman–Crippen LogP) is 4.26. The van der Waals surface area contributed by atoms with Crippen LogP contribution >= 0.6 is 0 Å². The van der Waals surface area contributed by atoms with Gasteiger partial charge in [-0.2, -0.15) is 0 Å². The number of allylic oxidation sites excluding steroid dienone is 2. The van der Waals surface area contributed by atoms with Crippen molar-refractivity contribution in [1.29, 1.82) is 0 Å². The van der Waals surface area contributed by atoms with Crippen molar-refractivity contribution in [3.8, 4) is 5.75 Å². The Bertz CT molecular complexity index is 512. The molecule has 0 amide bonds. The molecule has 1 aromatic rings. The summed E-state index contributed by atoms with van der Waals surface area (Å²) in [6.07, 6.45) is 4.20. The molecule has 1 atom stereocenters. The molecule has 102 valence electrons. The summed E-state index contributed by atoms with van der Waals surface area (Å²) in [7, 11) is 1.63. The van der Waals surface area contributed by atoms with E-state index in [9.17, 15) is 4.79 Å². The molecule has 19 heavy (non-hydrogen) atoms. The Balaban J connectivity index is 2.29. The first kappa shape index (κ1) is 13.9. The molecule has 0 fully saturated rings. The van der Waals surface area contributed by atoms with Gasteiger partial charge in [0, 0.05) is 11.5 Å². The van der Waals surface area contributed by atoms with Gasteiger partial charge in [0.25, 0.3) is 0 Å². The molecule has 1 aliphatic rings. The first-order valence-corrected chi connectivity index (χ1v) is 6.80.